The van der Waals surface area contributed by atoms with Gasteiger partial charge in [-0.3, -0.25) is 0 Å². The maximum absolute atomic E-state index is 8.96. The zero-order valence-electron chi connectivity index (χ0n) is 10.1. The van der Waals surface area contributed by atoms with Crippen molar-refractivity contribution >= 4 is 17.3 Å². The molecule has 2 nitrogen and oxygen atoms in total. The molecule has 0 atom stereocenters. The fraction of sp³-hybridized carbons (Fsp3) is 0.133. The average Bonchev–Trinajstić information content (AvgIpc) is 2.37. The lowest BCUT2D eigenvalue weighted by Gasteiger charge is -2.09. The Kier molecular flexibility index (Phi) is 3.55. The Labute approximate surface area is 112 Å². The lowest BCUT2D eigenvalue weighted by Crippen LogP contribution is -1.98. The van der Waals surface area contributed by atoms with E-state index >= 15 is 0 Å². The molecule has 2 aromatic rings. The highest BCUT2D eigenvalue weighted by Crippen LogP contribution is 2.22. The molecule has 0 unspecified atom stereocenters. The molecule has 0 fully saturated rings. The van der Waals surface area contributed by atoms with Gasteiger partial charge in [0.25, 0.3) is 0 Å². The minimum atomic E-state index is 0.599. The van der Waals surface area contributed by atoms with Crippen molar-refractivity contribution < 1.29 is 0 Å². The average molecular weight is 257 g/mol. The SMILES string of the molecule is Cc1c(N)cc(C#N)cc1Cc1ccc(Cl)cc1. The fourth-order valence-electron chi connectivity index (χ4n) is 1.87. The number of nitriles is 1. The second-order valence-electron chi connectivity index (χ2n) is 4.26. The number of nitrogens with zero attached hydrogens (tertiary/aromatic N) is 1. The summed E-state index contributed by atoms with van der Waals surface area (Å²) in [5.74, 6) is 0. The van der Waals surface area contributed by atoms with Crippen LogP contribution in [0.15, 0.2) is 36.4 Å². The van der Waals surface area contributed by atoms with Gasteiger partial charge in [0.2, 0.25) is 0 Å². The molecule has 2 aromatic carbocycles. The van der Waals surface area contributed by atoms with Crippen LogP contribution >= 0.6 is 11.6 Å². The van der Waals surface area contributed by atoms with Gasteiger partial charge in [-0.05, 0) is 54.3 Å². The Hall–Kier alpha value is -1.98. The Morgan fingerprint density at radius 3 is 2.50 bits per heavy atom. The number of nitrogens with two attached hydrogens (primary N) is 1. The molecule has 0 spiro atoms. The van der Waals surface area contributed by atoms with Crippen molar-refractivity contribution in [1.29, 1.82) is 5.26 Å². The second kappa shape index (κ2) is 5.12. The molecule has 0 aliphatic heterocycles. The monoisotopic (exact) mass is 256 g/mol. The first-order chi connectivity index (χ1) is 8.60. The van der Waals surface area contributed by atoms with Crippen LogP contribution in [-0.2, 0) is 6.42 Å². The van der Waals surface area contributed by atoms with Crippen molar-refractivity contribution in [3.63, 3.8) is 0 Å². The van der Waals surface area contributed by atoms with E-state index in [0.717, 1.165) is 28.1 Å². The van der Waals surface area contributed by atoms with Crippen LogP contribution in [0.4, 0.5) is 5.69 Å². The van der Waals surface area contributed by atoms with E-state index < -0.39 is 0 Å². The third-order valence-corrected chi connectivity index (χ3v) is 3.24. The van der Waals surface area contributed by atoms with Crippen LogP contribution in [0.2, 0.25) is 5.02 Å². The minimum absolute atomic E-state index is 0.599. The standard InChI is InChI=1S/C15H13ClN2/c1-10-13(7-12(9-17)8-15(10)18)6-11-2-4-14(16)5-3-11/h2-5,7-8H,6,18H2,1H3. The molecule has 0 aromatic heterocycles. The zero-order chi connectivity index (χ0) is 13.1. The summed E-state index contributed by atoms with van der Waals surface area (Å²) in [5, 5.41) is 9.68. The van der Waals surface area contributed by atoms with Gasteiger partial charge in [-0.25, -0.2) is 0 Å². The molecule has 0 radical (unpaired) electrons. The van der Waals surface area contributed by atoms with Gasteiger partial charge in [0.15, 0.2) is 0 Å². The van der Waals surface area contributed by atoms with Crippen LogP contribution in [0.3, 0.4) is 0 Å². The molecule has 3 heteroatoms. The van der Waals surface area contributed by atoms with E-state index in [9.17, 15) is 0 Å². The maximum atomic E-state index is 8.96. The van der Waals surface area contributed by atoms with Crippen molar-refractivity contribution in [3.05, 3.63) is 63.7 Å². The number of benzene rings is 2. The van der Waals surface area contributed by atoms with Crippen LogP contribution in [0, 0.1) is 18.3 Å². The number of rotatable bonds is 2. The van der Waals surface area contributed by atoms with Crippen molar-refractivity contribution in [2.24, 2.45) is 0 Å². The largest absolute Gasteiger partial charge is 0.398 e. The van der Waals surface area contributed by atoms with Crippen LogP contribution in [-0.4, -0.2) is 0 Å². The third-order valence-electron chi connectivity index (χ3n) is 2.99. The lowest BCUT2D eigenvalue weighted by molar-refractivity contribution is 1.15. The smallest absolute Gasteiger partial charge is 0.0992 e. The molecule has 0 aliphatic carbocycles. The Bertz CT molecular complexity index is 610. The van der Waals surface area contributed by atoms with Crippen LogP contribution in [0.1, 0.15) is 22.3 Å². The molecule has 2 N–H and O–H groups in total. The van der Waals surface area contributed by atoms with E-state index in [-0.39, 0.29) is 0 Å². The Morgan fingerprint density at radius 1 is 1.22 bits per heavy atom. The van der Waals surface area contributed by atoms with Gasteiger partial charge >= 0.3 is 0 Å². The summed E-state index contributed by atoms with van der Waals surface area (Å²) in [4.78, 5) is 0. The van der Waals surface area contributed by atoms with Crippen molar-refractivity contribution in [3.8, 4) is 6.07 Å². The summed E-state index contributed by atoms with van der Waals surface area (Å²) in [6.07, 6.45) is 0.753. The lowest BCUT2D eigenvalue weighted by atomic mass is 9.97. The predicted octanol–water partition coefficient (Wildman–Crippen LogP) is 3.69. The van der Waals surface area contributed by atoms with E-state index in [2.05, 4.69) is 6.07 Å². The summed E-state index contributed by atoms with van der Waals surface area (Å²) >= 11 is 5.86. The number of hydrogen-bond donors (Lipinski definition) is 1. The summed E-state index contributed by atoms with van der Waals surface area (Å²) in [6.45, 7) is 1.97. The van der Waals surface area contributed by atoms with Gasteiger partial charge in [-0.2, -0.15) is 5.26 Å². The first-order valence-electron chi connectivity index (χ1n) is 5.63. The molecule has 0 amide bonds. The molecule has 18 heavy (non-hydrogen) atoms. The van der Waals surface area contributed by atoms with E-state index in [1.54, 1.807) is 6.07 Å². The highest BCUT2D eigenvalue weighted by atomic mass is 35.5. The number of hydrogen-bond acceptors (Lipinski definition) is 2. The zero-order valence-corrected chi connectivity index (χ0v) is 10.8. The molecule has 90 valence electrons. The van der Waals surface area contributed by atoms with Crippen molar-refractivity contribution in [1.82, 2.24) is 0 Å². The molecular formula is C15H13ClN2. The first-order valence-corrected chi connectivity index (χ1v) is 6.01. The summed E-state index contributed by atoms with van der Waals surface area (Å²) in [5.41, 5.74) is 10.4. The van der Waals surface area contributed by atoms with E-state index in [0.29, 0.717) is 11.3 Å². The molecule has 0 saturated carbocycles. The maximum Gasteiger partial charge on any atom is 0.0992 e. The summed E-state index contributed by atoms with van der Waals surface area (Å²) in [6, 6.07) is 13.4. The molecule has 0 heterocycles. The highest BCUT2D eigenvalue weighted by Gasteiger charge is 2.06. The number of halogens is 1. The summed E-state index contributed by atoms with van der Waals surface area (Å²) < 4.78 is 0. The van der Waals surface area contributed by atoms with E-state index in [1.165, 1.54) is 0 Å². The predicted molar refractivity (Wildman–Crippen MR) is 74.6 cm³/mol. The molecule has 0 aliphatic rings. The molecular weight excluding hydrogens is 244 g/mol. The molecule has 0 bridgehead atoms. The first kappa shape index (κ1) is 12.5. The van der Waals surface area contributed by atoms with Gasteiger partial charge < -0.3 is 5.73 Å². The summed E-state index contributed by atoms with van der Waals surface area (Å²) in [7, 11) is 0. The van der Waals surface area contributed by atoms with Crippen LogP contribution in [0.5, 0.6) is 0 Å². The Balaban J connectivity index is 2.37. The van der Waals surface area contributed by atoms with Gasteiger partial charge in [0, 0.05) is 10.7 Å². The topological polar surface area (TPSA) is 49.8 Å². The fourth-order valence-corrected chi connectivity index (χ4v) is 2.00. The van der Waals surface area contributed by atoms with E-state index in [1.807, 2.05) is 37.3 Å². The van der Waals surface area contributed by atoms with Gasteiger partial charge in [-0.15, -0.1) is 0 Å². The van der Waals surface area contributed by atoms with Crippen LogP contribution in [0.25, 0.3) is 0 Å². The van der Waals surface area contributed by atoms with Gasteiger partial charge in [0.05, 0.1) is 11.6 Å². The van der Waals surface area contributed by atoms with Gasteiger partial charge in [-0.1, -0.05) is 23.7 Å². The molecule has 2 rings (SSSR count). The number of nitrogen functional groups attached to an aromatic ring is 1. The van der Waals surface area contributed by atoms with Gasteiger partial charge in [0.1, 0.15) is 0 Å². The minimum Gasteiger partial charge on any atom is -0.398 e. The molecule has 0 saturated heterocycles. The second-order valence-corrected chi connectivity index (χ2v) is 4.70. The Morgan fingerprint density at radius 2 is 1.89 bits per heavy atom. The van der Waals surface area contributed by atoms with E-state index in [4.69, 9.17) is 22.6 Å². The van der Waals surface area contributed by atoms with Crippen molar-refractivity contribution in [2.75, 3.05) is 5.73 Å². The quantitative estimate of drug-likeness (QED) is 0.833. The van der Waals surface area contributed by atoms with Crippen LogP contribution < -0.4 is 5.73 Å². The number of anilines is 1. The van der Waals surface area contributed by atoms with Crippen molar-refractivity contribution in [2.45, 2.75) is 13.3 Å². The third kappa shape index (κ3) is 2.64. The normalized spacial score (nSPS) is 10.1. The highest BCUT2D eigenvalue weighted by molar-refractivity contribution is 6.30.